The molecule has 0 aromatic heterocycles. The largest absolute Gasteiger partial charge is 0.0651 e. The first-order chi connectivity index (χ1) is 12.2. The van der Waals surface area contributed by atoms with E-state index in [1.807, 2.05) is 0 Å². The third-order valence-electron chi connectivity index (χ3n) is 5.84. The van der Waals surface area contributed by atoms with Gasteiger partial charge >= 0.3 is 0 Å². The summed E-state index contributed by atoms with van der Waals surface area (Å²) in [5, 5.41) is 2.77. The Bertz CT molecular complexity index is 782. The van der Waals surface area contributed by atoms with Crippen molar-refractivity contribution in [1.82, 2.24) is 0 Å². The topological polar surface area (TPSA) is 0 Å². The minimum absolute atomic E-state index is 0.668. The number of fused-ring (bicyclic) bond motifs is 1. The lowest BCUT2D eigenvalue weighted by Gasteiger charge is -2.30. The van der Waals surface area contributed by atoms with E-state index in [4.69, 9.17) is 0 Å². The molecule has 3 aromatic rings. The summed E-state index contributed by atoms with van der Waals surface area (Å²) in [6.07, 6.45) is 3.59. The van der Waals surface area contributed by atoms with Gasteiger partial charge in [-0.05, 0) is 52.5 Å². The molecule has 0 N–H and O–H groups in total. The normalized spacial score (nSPS) is 15.0. The lowest BCUT2D eigenvalue weighted by molar-refractivity contribution is 0.246. The van der Waals surface area contributed by atoms with Gasteiger partial charge < -0.3 is 0 Å². The second-order valence-electron chi connectivity index (χ2n) is 7.56. The van der Waals surface area contributed by atoms with Crippen LogP contribution in [0, 0.1) is 17.8 Å². The Morgan fingerprint density at radius 1 is 0.680 bits per heavy atom. The Balaban J connectivity index is 1.83. The standard InChI is InChI=1S/C25H30/c1-4-19(2)25(18-21-11-6-5-7-12-21)20(3)17-23-15-10-14-22-13-8-9-16-24(22)23/h5-16,19-20,25H,4,17-18H2,1-3H3. The van der Waals surface area contributed by atoms with Crippen LogP contribution in [-0.4, -0.2) is 0 Å². The zero-order chi connectivity index (χ0) is 17.6. The molecule has 0 heteroatoms. The fourth-order valence-corrected chi connectivity index (χ4v) is 4.12. The highest BCUT2D eigenvalue weighted by molar-refractivity contribution is 5.85. The van der Waals surface area contributed by atoms with Crippen LogP contribution in [0.3, 0.4) is 0 Å². The van der Waals surface area contributed by atoms with E-state index >= 15 is 0 Å². The molecule has 0 bridgehead atoms. The molecule has 0 saturated heterocycles. The fraction of sp³-hybridized carbons (Fsp3) is 0.360. The van der Waals surface area contributed by atoms with Crippen molar-refractivity contribution in [2.24, 2.45) is 17.8 Å². The van der Waals surface area contributed by atoms with Gasteiger partial charge in [0.1, 0.15) is 0 Å². The third kappa shape index (κ3) is 4.31. The van der Waals surface area contributed by atoms with Crippen molar-refractivity contribution < 1.29 is 0 Å². The number of hydrogen-bond acceptors (Lipinski definition) is 0. The average Bonchev–Trinajstić information content (AvgIpc) is 2.66. The van der Waals surface area contributed by atoms with E-state index in [-0.39, 0.29) is 0 Å². The molecule has 3 aromatic carbocycles. The van der Waals surface area contributed by atoms with Crippen LogP contribution in [0.2, 0.25) is 0 Å². The van der Waals surface area contributed by atoms with Crippen LogP contribution < -0.4 is 0 Å². The molecule has 25 heavy (non-hydrogen) atoms. The van der Waals surface area contributed by atoms with E-state index in [1.165, 1.54) is 34.7 Å². The smallest absolute Gasteiger partial charge is 0.0152 e. The monoisotopic (exact) mass is 330 g/mol. The van der Waals surface area contributed by atoms with E-state index in [2.05, 4.69) is 93.6 Å². The summed E-state index contributed by atoms with van der Waals surface area (Å²) >= 11 is 0. The summed E-state index contributed by atoms with van der Waals surface area (Å²) in [5.74, 6) is 2.12. The van der Waals surface area contributed by atoms with E-state index < -0.39 is 0 Å². The van der Waals surface area contributed by atoms with Crippen molar-refractivity contribution >= 4 is 10.8 Å². The first-order valence-corrected chi connectivity index (χ1v) is 9.69. The molecular weight excluding hydrogens is 300 g/mol. The molecule has 0 saturated carbocycles. The second-order valence-corrected chi connectivity index (χ2v) is 7.56. The minimum atomic E-state index is 0.668. The van der Waals surface area contributed by atoms with Crippen molar-refractivity contribution in [2.75, 3.05) is 0 Å². The molecule has 3 atom stereocenters. The molecule has 0 aliphatic carbocycles. The molecule has 0 nitrogen and oxygen atoms in total. The van der Waals surface area contributed by atoms with Crippen LogP contribution in [0.15, 0.2) is 72.8 Å². The number of hydrogen-bond donors (Lipinski definition) is 0. The molecule has 130 valence electrons. The zero-order valence-corrected chi connectivity index (χ0v) is 15.8. The Kier molecular flexibility index (Phi) is 5.91. The van der Waals surface area contributed by atoms with Gasteiger partial charge in [0.05, 0.1) is 0 Å². The van der Waals surface area contributed by atoms with E-state index in [0.717, 1.165) is 12.3 Å². The molecule has 3 rings (SSSR count). The highest BCUT2D eigenvalue weighted by Crippen LogP contribution is 2.31. The molecule has 0 aliphatic heterocycles. The Hall–Kier alpha value is -2.08. The lowest BCUT2D eigenvalue weighted by Crippen LogP contribution is -2.23. The third-order valence-corrected chi connectivity index (χ3v) is 5.84. The van der Waals surface area contributed by atoms with E-state index in [0.29, 0.717) is 11.8 Å². The van der Waals surface area contributed by atoms with Crippen molar-refractivity contribution in [3.05, 3.63) is 83.9 Å². The summed E-state index contributed by atoms with van der Waals surface area (Å²) in [6, 6.07) is 26.5. The van der Waals surface area contributed by atoms with Crippen LogP contribution in [-0.2, 0) is 12.8 Å². The van der Waals surface area contributed by atoms with E-state index in [1.54, 1.807) is 0 Å². The van der Waals surface area contributed by atoms with Crippen molar-refractivity contribution in [3.8, 4) is 0 Å². The minimum Gasteiger partial charge on any atom is -0.0651 e. The van der Waals surface area contributed by atoms with Crippen molar-refractivity contribution in [1.29, 1.82) is 0 Å². The average molecular weight is 331 g/mol. The lowest BCUT2D eigenvalue weighted by atomic mass is 9.75. The number of rotatable bonds is 7. The maximum Gasteiger partial charge on any atom is -0.0152 e. The second kappa shape index (κ2) is 8.34. The molecular formula is C25H30. The number of benzene rings is 3. The van der Waals surface area contributed by atoms with Crippen LogP contribution >= 0.6 is 0 Å². The summed E-state index contributed by atoms with van der Waals surface area (Å²) < 4.78 is 0. The highest BCUT2D eigenvalue weighted by atomic mass is 14.3. The summed E-state index contributed by atoms with van der Waals surface area (Å²) in [6.45, 7) is 7.20. The van der Waals surface area contributed by atoms with Crippen LogP contribution in [0.1, 0.15) is 38.3 Å². The molecule has 0 aliphatic rings. The first-order valence-electron chi connectivity index (χ1n) is 9.69. The fourth-order valence-electron chi connectivity index (χ4n) is 4.12. The van der Waals surface area contributed by atoms with Gasteiger partial charge in [0, 0.05) is 0 Å². The Morgan fingerprint density at radius 3 is 2.12 bits per heavy atom. The molecule has 0 heterocycles. The highest BCUT2D eigenvalue weighted by Gasteiger charge is 2.23. The van der Waals surface area contributed by atoms with Gasteiger partial charge in [-0.1, -0.05) is 100.0 Å². The maximum absolute atomic E-state index is 2.45. The molecule has 0 spiro atoms. The zero-order valence-electron chi connectivity index (χ0n) is 15.8. The first kappa shape index (κ1) is 17.7. The van der Waals surface area contributed by atoms with Crippen LogP contribution in [0.5, 0.6) is 0 Å². The van der Waals surface area contributed by atoms with Gasteiger partial charge in [-0.15, -0.1) is 0 Å². The van der Waals surface area contributed by atoms with Gasteiger partial charge in [0.2, 0.25) is 0 Å². The SMILES string of the molecule is CCC(C)C(Cc1ccccc1)C(C)Cc1cccc2ccccc12. The van der Waals surface area contributed by atoms with Gasteiger partial charge in [0.15, 0.2) is 0 Å². The summed E-state index contributed by atoms with van der Waals surface area (Å²) in [4.78, 5) is 0. The summed E-state index contributed by atoms with van der Waals surface area (Å²) in [5.41, 5.74) is 2.96. The van der Waals surface area contributed by atoms with Gasteiger partial charge in [-0.3, -0.25) is 0 Å². The Labute approximate surface area is 152 Å². The quantitative estimate of drug-likeness (QED) is 0.441. The Morgan fingerprint density at radius 2 is 1.36 bits per heavy atom. The molecule has 3 unspecified atom stereocenters. The van der Waals surface area contributed by atoms with Crippen LogP contribution in [0.25, 0.3) is 10.8 Å². The predicted octanol–water partition coefficient (Wildman–Crippen LogP) is 6.92. The maximum atomic E-state index is 2.45. The molecule has 0 radical (unpaired) electrons. The van der Waals surface area contributed by atoms with E-state index in [9.17, 15) is 0 Å². The van der Waals surface area contributed by atoms with Crippen molar-refractivity contribution in [3.63, 3.8) is 0 Å². The van der Waals surface area contributed by atoms with Crippen LogP contribution in [0.4, 0.5) is 0 Å². The van der Waals surface area contributed by atoms with Gasteiger partial charge in [0.25, 0.3) is 0 Å². The molecule has 0 amide bonds. The van der Waals surface area contributed by atoms with Gasteiger partial charge in [-0.2, -0.15) is 0 Å². The summed E-state index contributed by atoms with van der Waals surface area (Å²) in [7, 11) is 0. The van der Waals surface area contributed by atoms with Crippen molar-refractivity contribution in [2.45, 2.75) is 40.0 Å². The molecule has 0 fully saturated rings. The van der Waals surface area contributed by atoms with Gasteiger partial charge in [-0.25, -0.2) is 0 Å². The predicted molar refractivity (Wildman–Crippen MR) is 110 cm³/mol.